The van der Waals surface area contributed by atoms with Gasteiger partial charge in [-0.1, -0.05) is 6.07 Å². The van der Waals surface area contributed by atoms with E-state index in [1.54, 1.807) is 24.3 Å². The average molecular weight is 384 g/mol. The van der Waals surface area contributed by atoms with E-state index in [1.165, 1.54) is 27.9 Å². The lowest BCUT2D eigenvalue weighted by atomic mass is 10.1. The van der Waals surface area contributed by atoms with Gasteiger partial charge in [-0.3, -0.25) is 24.3 Å². The fourth-order valence-electron chi connectivity index (χ4n) is 3.43. The molecule has 0 saturated carbocycles. The van der Waals surface area contributed by atoms with Gasteiger partial charge in [0.25, 0.3) is 11.2 Å². The van der Waals surface area contributed by atoms with Crippen molar-refractivity contribution in [2.75, 3.05) is 5.32 Å². The van der Waals surface area contributed by atoms with E-state index in [9.17, 15) is 19.7 Å². The molecule has 0 unspecified atom stereocenters. The molecular formula is C18H16N4O4S. The van der Waals surface area contributed by atoms with Crippen molar-refractivity contribution in [1.29, 1.82) is 0 Å². The van der Waals surface area contributed by atoms with Crippen LogP contribution in [0, 0.1) is 17.0 Å². The highest BCUT2D eigenvalue weighted by Gasteiger charge is 2.22. The van der Waals surface area contributed by atoms with Crippen LogP contribution in [-0.4, -0.2) is 20.4 Å². The maximum Gasteiger partial charge on any atom is 0.274 e. The minimum atomic E-state index is -0.496. The molecule has 0 fully saturated rings. The monoisotopic (exact) mass is 384 g/mol. The van der Waals surface area contributed by atoms with Crippen LogP contribution in [0.25, 0.3) is 10.2 Å². The van der Waals surface area contributed by atoms with Crippen molar-refractivity contribution in [2.45, 2.75) is 32.7 Å². The minimum absolute atomic E-state index is 0.0677. The molecule has 1 aromatic carbocycles. The molecule has 1 N–H and O–H groups in total. The Kier molecular flexibility index (Phi) is 4.23. The van der Waals surface area contributed by atoms with Gasteiger partial charge < -0.3 is 5.32 Å². The van der Waals surface area contributed by atoms with Gasteiger partial charge in [-0.25, -0.2) is 4.98 Å². The van der Waals surface area contributed by atoms with Crippen LogP contribution in [0.3, 0.4) is 0 Å². The molecule has 9 heteroatoms. The molecule has 2 heterocycles. The van der Waals surface area contributed by atoms with E-state index in [0.717, 1.165) is 29.7 Å². The van der Waals surface area contributed by atoms with Crippen LogP contribution >= 0.6 is 11.3 Å². The van der Waals surface area contributed by atoms with E-state index in [2.05, 4.69) is 10.3 Å². The van der Waals surface area contributed by atoms with Crippen molar-refractivity contribution in [3.05, 3.63) is 61.0 Å². The van der Waals surface area contributed by atoms with E-state index < -0.39 is 10.8 Å². The largest absolute Gasteiger partial charge is 0.324 e. The SMILES string of the molecule is Cc1c(NC(=O)Cn2cnc3sc4c(c3c2=O)CCC4)cccc1[N+](=O)[O-]. The molecular weight excluding hydrogens is 368 g/mol. The molecule has 8 nitrogen and oxygen atoms in total. The van der Waals surface area contributed by atoms with Gasteiger partial charge in [-0.05, 0) is 37.8 Å². The van der Waals surface area contributed by atoms with Crippen LogP contribution in [0.4, 0.5) is 11.4 Å². The van der Waals surface area contributed by atoms with Gasteiger partial charge in [-0.15, -0.1) is 11.3 Å². The van der Waals surface area contributed by atoms with Crippen molar-refractivity contribution >= 4 is 38.8 Å². The van der Waals surface area contributed by atoms with Crippen LogP contribution in [0.5, 0.6) is 0 Å². The predicted octanol–water partition coefficient (Wildman–Crippen LogP) is 2.80. The molecule has 0 bridgehead atoms. The summed E-state index contributed by atoms with van der Waals surface area (Å²) >= 11 is 1.55. The van der Waals surface area contributed by atoms with E-state index in [4.69, 9.17) is 0 Å². The Hall–Kier alpha value is -3.07. The average Bonchev–Trinajstić information content (AvgIpc) is 3.20. The summed E-state index contributed by atoms with van der Waals surface area (Å²) in [5.41, 5.74) is 1.50. The van der Waals surface area contributed by atoms with Gasteiger partial charge in [0.2, 0.25) is 5.91 Å². The number of amides is 1. The van der Waals surface area contributed by atoms with Crippen molar-refractivity contribution in [3.8, 4) is 0 Å². The molecule has 27 heavy (non-hydrogen) atoms. The number of anilines is 1. The molecule has 2 aromatic heterocycles. The summed E-state index contributed by atoms with van der Waals surface area (Å²) in [5, 5.41) is 14.3. The summed E-state index contributed by atoms with van der Waals surface area (Å²) in [6.45, 7) is 1.37. The van der Waals surface area contributed by atoms with Gasteiger partial charge >= 0.3 is 0 Å². The Balaban J connectivity index is 1.61. The summed E-state index contributed by atoms with van der Waals surface area (Å²) in [6, 6.07) is 4.48. The molecule has 1 amide bonds. The Morgan fingerprint density at radius 3 is 3.00 bits per heavy atom. The molecule has 0 radical (unpaired) electrons. The second-order valence-corrected chi connectivity index (χ2v) is 7.55. The maximum absolute atomic E-state index is 12.8. The van der Waals surface area contributed by atoms with Gasteiger partial charge in [0.1, 0.15) is 11.4 Å². The number of hydrogen-bond acceptors (Lipinski definition) is 6. The van der Waals surface area contributed by atoms with Crippen molar-refractivity contribution in [1.82, 2.24) is 9.55 Å². The maximum atomic E-state index is 12.8. The Bertz CT molecular complexity index is 1150. The third kappa shape index (κ3) is 2.99. The minimum Gasteiger partial charge on any atom is -0.324 e. The van der Waals surface area contributed by atoms with Crippen molar-refractivity contribution in [3.63, 3.8) is 0 Å². The normalized spacial score (nSPS) is 12.9. The van der Waals surface area contributed by atoms with Gasteiger partial charge in [0.05, 0.1) is 27.9 Å². The Labute approximate surface area is 157 Å². The number of carbonyl (C=O) groups excluding carboxylic acids is 1. The molecule has 0 saturated heterocycles. The first-order valence-electron chi connectivity index (χ1n) is 8.49. The highest BCUT2D eigenvalue weighted by atomic mass is 32.1. The third-order valence-corrected chi connectivity index (χ3v) is 5.98. The quantitative estimate of drug-likeness (QED) is 0.550. The molecule has 138 valence electrons. The molecule has 4 rings (SSSR count). The van der Waals surface area contributed by atoms with E-state index in [1.807, 2.05) is 0 Å². The summed E-state index contributed by atoms with van der Waals surface area (Å²) < 4.78 is 1.29. The lowest BCUT2D eigenvalue weighted by Gasteiger charge is -2.10. The number of nitro benzene ring substituents is 1. The number of benzene rings is 1. The molecule has 1 aliphatic carbocycles. The standard InChI is InChI=1S/C18H16N4O4S/c1-10-12(5-3-6-13(10)22(25)26)20-15(23)8-21-9-19-17-16(18(21)24)11-4-2-7-14(11)27-17/h3,5-6,9H,2,4,7-8H2,1H3,(H,20,23). The van der Waals surface area contributed by atoms with Gasteiger partial charge in [-0.2, -0.15) is 0 Å². The van der Waals surface area contributed by atoms with Crippen LogP contribution < -0.4 is 10.9 Å². The van der Waals surface area contributed by atoms with Crippen LogP contribution in [0.15, 0.2) is 29.3 Å². The third-order valence-electron chi connectivity index (χ3n) is 4.78. The smallest absolute Gasteiger partial charge is 0.274 e. The fourth-order valence-corrected chi connectivity index (χ4v) is 4.65. The van der Waals surface area contributed by atoms with Crippen LogP contribution in [-0.2, 0) is 24.2 Å². The first-order valence-corrected chi connectivity index (χ1v) is 9.31. The number of fused-ring (bicyclic) bond motifs is 3. The number of carbonyl (C=O) groups is 1. The molecule has 0 spiro atoms. The topological polar surface area (TPSA) is 107 Å². The number of aryl methyl sites for hydroxylation is 2. The second-order valence-electron chi connectivity index (χ2n) is 6.47. The highest BCUT2D eigenvalue weighted by Crippen LogP contribution is 2.34. The van der Waals surface area contributed by atoms with E-state index in [-0.39, 0.29) is 17.8 Å². The van der Waals surface area contributed by atoms with Crippen LogP contribution in [0.2, 0.25) is 0 Å². The zero-order chi connectivity index (χ0) is 19.1. The molecule has 3 aromatic rings. The first-order chi connectivity index (χ1) is 13.0. The number of nitrogens with one attached hydrogen (secondary N) is 1. The predicted molar refractivity (Wildman–Crippen MR) is 102 cm³/mol. The summed E-state index contributed by atoms with van der Waals surface area (Å²) in [5.74, 6) is -0.436. The highest BCUT2D eigenvalue weighted by molar-refractivity contribution is 7.18. The van der Waals surface area contributed by atoms with Crippen molar-refractivity contribution < 1.29 is 9.72 Å². The fraction of sp³-hybridized carbons (Fsp3) is 0.278. The van der Waals surface area contributed by atoms with Gasteiger partial charge in [0, 0.05) is 10.9 Å². The Morgan fingerprint density at radius 1 is 1.41 bits per heavy atom. The number of hydrogen-bond donors (Lipinski definition) is 1. The number of rotatable bonds is 4. The summed E-state index contributed by atoms with van der Waals surface area (Å²) in [7, 11) is 0. The van der Waals surface area contributed by atoms with E-state index >= 15 is 0 Å². The number of nitro groups is 1. The second kappa shape index (κ2) is 6.58. The number of nitrogens with zero attached hydrogens (tertiary/aromatic N) is 3. The molecule has 0 aliphatic heterocycles. The zero-order valence-corrected chi connectivity index (χ0v) is 15.3. The van der Waals surface area contributed by atoms with Crippen LogP contribution in [0.1, 0.15) is 22.4 Å². The Morgan fingerprint density at radius 2 is 2.22 bits per heavy atom. The lowest BCUT2D eigenvalue weighted by Crippen LogP contribution is -2.28. The van der Waals surface area contributed by atoms with E-state index in [0.29, 0.717) is 16.6 Å². The molecule has 0 atom stereocenters. The summed E-state index contributed by atoms with van der Waals surface area (Å²) in [6.07, 6.45) is 4.27. The molecule has 1 aliphatic rings. The van der Waals surface area contributed by atoms with Gasteiger partial charge in [0.15, 0.2) is 0 Å². The first kappa shape index (κ1) is 17.3. The lowest BCUT2D eigenvalue weighted by molar-refractivity contribution is -0.385. The number of aromatic nitrogens is 2. The van der Waals surface area contributed by atoms with Crippen molar-refractivity contribution in [2.24, 2.45) is 0 Å². The number of thiophene rings is 1. The summed E-state index contributed by atoms with van der Waals surface area (Å²) in [4.78, 5) is 42.0. The zero-order valence-electron chi connectivity index (χ0n) is 14.5.